The summed E-state index contributed by atoms with van der Waals surface area (Å²) in [5.74, 6) is 0.598. The number of ether oxygens (including phenoxy) is 3. The fourth-order valence-corrected chi connectivity index (χ4v) is 1.91. The predicted octanol–water partition coefficient (Wildman–Crippen LogP) is 3.01. The van der Waals surface area contributed by atoms with Gasteiger partial charge in [-0.1, -0.05) is 6.07 Å². The van der Waals surface area contributed by atoms with Gasteiger partial charge in [0.15, 0.2) is 17.8 Å². The fourth-order valence-electron chi connectivity index (χ4n) is 1.91. The van der Waals surface area contributed by atoms with E-state index in [9.17, 15) is 5.11 Å². The minimum Gasteiger partial charge on any atom is -0.504 e. The van der Waals surface area contributed by atoms with E-state index in [0.717, 1.165) is 12.0 Å². The van der Waals surface area contributed by atoms with Gasteiger partial charge in [-0.15, -0.1) is 0 Å². The van der Waals surface area contributed by atoms with Crippen molar-refractivity contribution < 1.29 is 19.3 Å². The quantitative estimate of drug-likeness (QED) is 0.898. The molecule has 2 rings (SSSR count). The minimum absolute atomic E-state index is 0.135. The summed E-state index contributed by atoms with van der Waals surface area (Å²) in [5.41, 5.74) is 0.677. The average Bonchev–Trinajstić information content (AvgIpc) is 2.31. The molecule has 18 heavy (non-hydrogen) atoms. The topological polar surface area (TPSA) is 47.9 Å². The van der Waals surface area contributed by atoms with Crippen molar-refractivity contribution in [3.8, 4) is 11.5 Å². The molecule has 1 aromatic rings. The highest BCUT2D eigenvalue weighted by Gasteiger charge is 2.30. The van der Waals surface area contributed by atoms with Gasteiger partial charge >= 0.3 is 0 Å². The average molecular weight is 252 g/mol. The van der Waals surface area contributed by atoms with Gasteiger partial charge in [0.1, 0.15) is 0 Å². The van der Waals surface area contributed by atoms with Gasteiger partial charge in [-0.05, 0) is 39.3 Å². The molecule has 1 heterocycles. The van der Waals surface area contributed by atoms with Crippen molar-refractivity contribution >= 4 is 0 Å². The lowest BCUT2D eigenvalue weighted by molar-refractivity contribution is -0.249. The van der Waals surface area contributed by atoms with Crippen molar-refractivity contribution in [2.45, 2.75) is 39.1 Å². The molecule has 1 aliphatic rings. The summed E-state index contributed by atoms with van der Waals surface area (Å²) in [4.78, 5) is 0. The molecule has 1 atom stereocenters. The fraction of sp³-hybridized carbons (Fsp3) is 0.571. The molecular weight excluding hydrogens is 232 g/mol. The molecule has 1 saturated heterocycles. The van der Waals surface area contributed by atoms with Gasteiger partial charge in [0.25, 0.3) is 0 Å². The Bertz CT molecular complexity index is 414. The highest BCUT2D eigenvalue weighted by atomic mass is 16.7. The van der Waals surface area contributed by atoms with Crippen LogP contribution >= 0.6 is 0 Å². The first-order valence-electron chi connectivity index (χ1n) is 6.27. The molecule has 0 radical (unpaired) electrons. The Morgan fingerprint density at radius 2 is 2.22 bits per heavy atom. The largest absolute Gasteiger partial charge is 0.504 e. The number of hydrogen-bond acceptors (Lipinski definition) is 4. The van der Waals surface area contributed by atoms with Gasteiger partial charge in [-0.2, -0.15) is 0 Å². The minimum atomic E-state index is -0.395. The van der Waals surface area contributed by atoms with Crippen LogP contribution in [0.2, 0.25) is 0 Å². The summed E-state index contributed by atoms with van der Waals surface area (Å²) in [6.45, 7) is 7.15. The predicted molar refractivity (Wildman–Crippen MR) is 67.7 cm³/mol. The molecule has 1 aromatic carbocycles. The Morgan fingerprint density at radius 3 is 2.89 bits per heavy atom. The molecule has 0 aromatic heterocycles. The summed E-state index contributed by atoms with van der Waals surface area (Å²) >= 11 is 0. The van der Waals surface area contributed by atoms with Gasteiger partial charge in [-0.25, -0.2) is 0 Å². The standard InChI is InChI=1S/C14H20O4/c1-4-16-12-9-10(5-6-11(12)15)13-17-8-7-14(2,3)18-13/h5-6,9,13,15H,4,7-8H2,1-3H3/t13-/m1/s1. The molecule has 0 unspecified atom stereocenters. The van der Waals surface area contributed by atoms with E-state index in [1.807, 2.05) is 20.8 Å². The molecule has 0 aliphatic carbocycles. The number of rotatable bonds is 3. The molecule has 1 N–H and O–H groups in total. The van der Waals surface area contributed by atoms with Crippen molar-refractivity contribution in [3.63, 3.8) is 0 Å². The third-order valence-corrected chi connectivity index (χ3v) is 2.96. The van der Waals surface area contributed by atoms with Crippen LogP contribution in [0, 0.1) is 0 Å². The third kappa shape index (κ3) is 2.94. The Kier molecular flexibility index (Phi) is 3.78. The highest BCUT2D eigenvalue weighted by molar-refractivity contribution is 5.42. The van der Waals surface area contributed by atoms with Crippen LogP contribution in [0.1, 0.15) is 39.0 Å². The van der Waals surface area contributed by atoms with E-state index in [1.165, 1.54) is 0 Å². The second-order valence-corrected chi connectivity index (χ2v) is 4.99. The Hall–Kier alpha value is -1.26. The smallest absolute Gasteiger partial charge is 0.184 e. The maximum absolute atomic E-state index is 9.66. The van der Waals surface area contributed by atoms with Crippen molar-refractivity contribution in [3.05, 3.63) is 23.8 Å². The van der Waals surface area contributed by atoms with Crippen LogP contribution in [0.3, 0.4) is 0 Å². The summed E-state index contributed by atoms with van der Waals surface area (Å²) in [6.07, 6.45) is 0.480. The van der Waals surface area contributed by atoms with Gasteiger partial charge < -0.3 is 19.3 Å². The summed E-state index contributed by atoms with van der Waals surface area (Å²) in [7, 11) is 0. The van der Waals surface area contributed by atoms with E-state index in [2.05, 4.69) is 0 Å². The Labute approximate surface area is 107 Å². The Balaban J connectivity index is 2.20. The van der Waals surface area contributed by atoms with E-state index < -0.39 is 6.29 Å². The molecule has 1 aliphatic heterocycles. The number of hydrogen-bond donors (Lipinski definition) is 1. The first kappa shape index (κ1) is 13.2. The zero-order valence-electron chi connectivity index (χ0n) is 11.1. The number of phenolic OH excluding ortho intramolecular Hbond substituents is 1. The van der Waals surface area contributed by atoms with Crippen LogP contribution in [0.4, 0.5) is 0 Å². The third-order valence-electron chi connectivity index (χ3n) is 2.96. The molecule has 4 heteroatoms. The molecule has 0 saturated carbocycles. The van der Waals surface area contributed by atoms with E-state index in [-0.39, 0.29) is 11.4 Å². The summed E-state index contributed by atoms with van der Waals surface area (Å²) in [6, 6.07) is 5.17. The second-order valence-electron chi connectivity index (χ2n) is 4.99. The Morgan fingerprint density at radius 1 is 1.44 bits per heavy atom. The van der Waals surface area contributed by atoms with Gasteiger partial charge in [0.05, 0.1) is 18.8 Å². The van der Waals surface area contributed by atoms with E-state index in [0.29, 0.717) is 19.0 Å². The summed E-state index contributed by atoms with van der Waals surface area (Å²) in [5, 5.41) is 9.66. The molecule has 100 valence electrons. The lowest BCUT2D eigenvalue weighted by atomic mass is 10.0. The van der Waals surface area contributed by atoms with Crippen LogP contribution in [-0.2, 0) is 9.47 Å². The monoisotopic (exact) mass is 252 g/mol. The maximum Gasteiger partial charge on any atom is 0.184 e. The highest BCUT2D eigenvalue weighted by Crippen LogP contribution is 2.36. The van der Waals surface area contributed by atoms with E-state index >= 15 is 0 Å². The number of aromatic hydroxyl groups is 1. The SMILES string of the molecule is CCOc1cc([C@@H]2OCCC(C)(C)O2)ccc1O. The number of benzene rings is 1. The normalized spacial score (nSPS) is 22.7. The van der Waals surface area contributed by atoms with Crippen LogP contribution in [-0.4, -0.2) is 23.9 Å². The van der Waals surface area contributed by atoms with Crippen molar-refractivity contribution in [1.82, 2.24) is 0 Å². The van der Waals surface area contributed by atoms with Crippen LogP contribution in [0.15, 0.2) is 18.2 Å². The van der Waals surface area contributed by atoms with Crippen LogP contribution in [0.5, 0.6) is 11.5 Å². The van der Waals surface area contributed by atoms with E-state index in [1.54, 1.807) is 18.2 Å². The molecule has 0 bridgehead atoms. The lowest BCUT2D eigenvalue weighted by Gasteiger charge is -2.36. The molecule has 4 nitrogen and oxygen atoms in total. The van der Waals surface area contributed by atoms with Crippen LogP contribution < -0.4 is 4.74 Å². The molecular formula is C14H20O4. The zero-order chi connectivity index (χ0) is 13.2. The van der Waals surface area contributed by atoms with Crippen molar-refractivity contribution in [2.24, 2.45) is 0 Å². The lowest BCUT2D eigenvalue weighted by Crippen LogP contribution is -2.34. The second kappa shape index (κ2) is 5.16. The molecule has 1 fully saturated rings. The number of phenols is 1. The van der Waals surface area contributed by atoms with Crippen LogP contribution in [0.25, 0.3) is 0 Å². The molecule has 0 spiro atoms. The summed E-state index contributed by atoms with van der Waals surface area (Å²) < 4.78 is 16.8. The van der Waals surface area contributed by atoms with E-state index in [4.69, 9.17) is 14.2 Å². The van der Waals surface area contributed by atoms with Gasteiger partial charge in [0, 0.05) is 5.56 Å². The molecule has 0 amide bonds. The maximum atomic E-state index is 9.66. The first-order chi connectivity index (χ1) is 8.52. The first-order valence-corrected chi connectivity index (χ1v) is 6.27. The van der Waals surface area contributed by atoms with Gasteiger partial charge in [-0.3, -0.25) is 0 Å². The van der Waals surface area contributed by atoms with Gasteiger partial charge in [0.2, 0.25) is 0 Å². The van der Waals surface area contributed by atoms with Crippen molar-refractivity contribution in [1.29, 1.82) is 0 Å². The van der Waals surface area contributed by atoms with Crippen molar-refractivity contribution in [2.75, 3.05) is 13.2 Å². The zero-order valence-corrected chi connectivity index (χ0v) is 11.1.